The molecule has 0 spiro atoms. The number of aromatic nitrogens is 4. The standard InChI is InChI=1S/C9H9F3N4OS/c10-9(11,12)2-1-3-18-8-15-5-6(16-8)13-4-14-7(5)17/h4H,1-3H2,(H2,13,14,15,16,17). The Morgan fingerprint density at radius 2 is 2.17 bits per heavy atom. The summed E-state index contributed by atoms with van der Waals surface area (Å²) in [5, 5.41) is 0.399. The fourth-order valence-electron chi connectivity index (χ4n) is 1.33. The van der Waals surface area contributed by atoms with Crippen LogP contribution in [0.4, 0.5) is 13.2 Å². The van der Waals surface area contributed by atoms with Gasteiger partial charge in [-0.2, -0.15) is 13.2 Å². The van der Waals surface area contributed by atoms with Crippen molar-refractivity contribution < 1.29 is 13.2 Å². The smallest absolute Gasteiger partial charge is 0.327 e. The van der Waals surface area contributed by atoms with Crippen LogP contribution >= 0.6 is 11.8 Å². The molecular formula is C9H9F3N4OS. The van der Waals surface area contributed by atoms with E-state index in [0.717, 1.165) is 11.8 Å². The molecule has 0 aliphatic rings. The molecule has 98 valence electrons. The topological polar surface area (TPSA) is 74.4 Å². The third-order valence-corrected chi connectivity index (χ3v) is 3.08. The first-order chi connectivity index (χ1) is 8.46. The number of fused-ring (bicyclic) bond motifs is 1. The normalized spacial score (nSPS) is 12.2. The number of aromatic amines is 2. The molecule has 0 aromatic carbocycles. The highest BCUT2D eigenvalue weighted by Crippen LogP contribution is 2.24. The third-order valence-electron chi connectivity index (χ3n) is 2.12. The van der Waals surface area contributed by atoms with Gasteiger partial charge in [0, 0.05) is 12.2 Å². The SMILES string of the molecule is O=c1[nH]cnc2nc(SCCCC(F)(F)F)[nH]c12. The molecule has 0 fully saturated rings. The van der Waals surface area contributed by atoms with Crippen LogP contribution in [0.25, 0.3) is 11.2 Å². The van der Waals surface area contributed by atoms with Crippen molar-refractivity contribution in [2.24, 2.45) is 0 Å². The van der Waals surface area contributed by atoms with Gasteiger partial charge in [0.1, 0.15) is 0 Å². The van der Waals surface area contributed by atoms with Crippen molar-refractivity contribution in [3.63, 3.8) is 0 Å². The number of alkyl halides is 3. The number of imidazole rings is 1. The minimum Gasteiger partial charge on any atom is -0.327 e. The first-order valence-corrected chi connectivity index (χ1v) is 6.07. The average molecular weight is 278 g/mol. The quantitative estimate of drug-likeness (QED) is 0.663. The van der Waals surface area contributed by atoms with Crippen molar-refractivity contribution in [2.45, 2.75) is 24.2 Å². The largest absolute Gasteiger partial charge is 0.389 e. The number of H-pyrrole nitrogens is 2. The molecule has 18 heavy (non-hydrogen) atoms. The zero-order valence-electron chi connectivity index (χ0n) is 9.04. The van der Waals surface area contributed by atoms with Crippen LogP contribution in [0, 0.1) is 0 Å². The maximum atomic E-state index is 11.9. The molecule has 0 saturated heterocycles. The number of halogens is 3. The number of hydrogen-bond acceptors (Lipinski definition) is 4. The molecule has 0 atom stereocenters. The predicted octanol–water partition coefficient (Wildman–Crippen LogP) is 2.08. The van der Waals surface area contributed by atoms with Gasteiger partial charge in [0.15, 0.2) is 16.3 Å². The van der Waals surface area contributed by atoms with Gasteiger partial charge in [-0.05, 0) is 6.42 Å². The Hall–Kier alpha value is -1.51. The predicted molar refractivity (Wildman–Crippen MR) is 60.5 cm³/mol. The maximum absolute atomic E-state index is 11.9. The number of rotatable bonds is 4. The molecule has 2 heterocycles. The Kier molecular flexibility index (Phi) is 3.60. The van der Waals surface area contributed by atoms with Crippen LogP contribution in [-0.4, -0.2) is 31.9 Å². The summed E-state index contributed by atoms with van der Waals surface area (Å²) in [6.07, 6.45) is -3.72. The van der Waals surface area contributed by atoms with Gasteiger partial charge in [-0.1, -0.05) is 11.8 Å². The number of thioether (sulfide) groups is 1. The summed E-state index contributed by atoms with van der Waals surface area (Å²) in [4.78, 5) is 24.3. The Balaban J connectivity index is 1.96. The van der Waals surface area contributed by atoms with Gasteiger partial charge in [0.2, 0.25) is 0 Å². The summed E-state index contributed by atoms with van der Waals surface area (Å²) in [5.41, 5.74) is 0.141. The fraction of sp³-hybridized carbons (Fsp3) is 0.444. The van der Waals surface area contributed by atoms with Crippen LogP contribution in [0.2, 0.25) is 0 Å². The van der Waals surface area contributed by atoms with E-state index >= 15 is 0 Å². The highest BCUT2D eigenvalue weighted by Gasteiger charge is 2.26. The van der Waals surface area contributed by atoms with Gasteiger partial charge in [0.25, 0.3) is 5.56 Å². The number of nitrogens with zero attached hydrogens (tertiary/aromatic N) is 2. The lowest BCUT2D eigenvalue weighted by Crippen LogP contribution is -2.07. The van der Waals surface area contributed by atoms with E-state index in [1.165, 1.54) is 6.33 Å². The molecule has 2 aromatic rings. The highest BCUT2D eigenvalue weighted by molar-refractivity contribution is 7.99. The molecule has 0 aliphatic heterocycles. The van der Waals surface area contributed by atoms with Crippen LogP contribution in [-0.2, 0) is 0 Å². The average Bonchev–Trinajstić information content (AvgIpc) is 2.68. The molecule has 0 aliphatic carbocycles. The van der Waals surface area contributed by atoms with E-state index in [4.69, 9.17) is 0 Å². The van der Waals surface area contributed by atoms with Crippen LogP contribution in [0.1, 0.15) is 12.8 Å². The second-order valence-electron chi connectivity index (χ2n) is 3.54. The Bertz CT molecular complexity index is 591. The van der Waals surface area contributed by atoms with Crippen LogP contribution in [0.15, 0.2) is 16.3 Å². The fourth-order valence-corrected chi connectivity index (χ4v) is 2.14. The molecule has 0 radical (unpaired) electrons. The first kappa shape index (κ1) is 12.9. The van der Waals surface area contributed by atoms with Gasteiger partial charge >= 0.3 is 6.18 Å². The molecule has 2 N–H and O–H groups in total. The zero-order chi connectivity index (χ0) is 13.2. The summed E-state index contributed by atoms with van der Waals surface area (Å²) < 4.78 is 35.7. The van der Waals surface area contributed by atoms with Crippen LogP contribution in [0.3, 0.4) is 0 Å². The monoisotopic (exact) mass is 278 g/mol. The molecule has 9 heteroatoms. The van der Waals surface area contributed by atoms with Crippen LogP contribution < -0.4 is 5.56 Å². The minimum absolute atomic E-state index is 0.00893. The lowest BCUT2D eigenvalue weighted by molar-refractivity contribution is -0.134. The second-order valence-corrected chi connectivity index (χ2v) is 4.62. The van der Waals surface area contributed by atoms with Crippen molar-refractivity contribution in [2.75, 3.05) is 5.75 Å². The van der Waals surface area contributed by atoms with Crippen molar-refractivity contribution >= 4 is 22.9 Å². The Morgan fingerprint density at radius 3 is 2.83 bits per heavy atom. The van der Waals surface area contributed by atoms with E-state index < -0.39 is 12.6 Å². The number of nitrogens with one attached hydrogen (secondary N) is 2. The van der Waals surface area contributed by atoms with Crippen molar-refractivity contribution in [1.29, 1.82) is 0 Å². The van der Waals surface area contributed by atoms with Gasteiger partial charge in [-0.15, -0.1) is 0 Å². The van der Waals surface area contributed by atoms with E-state index in [1.807, 2.05) is 0 Å². The van der Waals surface area contributed by atoms with E-state index in [1.54, 1.807) is 0 Å². The molecule has 0 amide bonds. The summed E-state index contributed by atoms with van der Waals surface area (Å²) in [5.74, 6) is 0.275. The Morgan fingerprint density at radius 1 is 1.39 bits per heavy atom. The molecule has 2 aromatic heterocycles. The maximum Gasteiger partial charge on any atom is 0.389 e. The molecular weight excluding hydrogens is 269 g/mol. The Labute approximate surface area is 103 Å². The van der Waals surface area contributed by atoms with Crippen molar-refractivity contribution in [3.05, 3.63) is 16.7 Å². The molecule has 5 nitrogen and oxygen atoms in total. The minimum atomic E-state index is -4.13. The van der Waals surface area contributed by atoms with E-state index in [0.29, 0.717) is 5.16 Å². The summed E-state index contributed by atoms with van der Waals surface area (Å²) in [6, 6.07) is 0. The first-order valence-electron chi connectivity index (χ1n) is 5.09. The summed E-state index contributed by atoms with van der Waals surface area (Å²) in [7, 11) is 0. The number of hydrogen-bond donors (Lipinski definition) is 2. The van der Waals surface area contributed by atoms with Crippen LogP contribution in [0.5, 0.6) is 0 Å². The van der Waals surface area contributed by atoms with Crippen molar-refractivity contribution in [3.8, 4) is 0 Å². The lowest BCUT2D eigenvalue weighted by atomic mass is 10.3. The third kappa shape index (κ3) is 3.25. The van der Waals surface area contributed by atoms with Gasteiger partial charge in [0.05, 0.1) is 6.33 Å². The van der Waals surface area contributed by atoms with E-state index in [2.05, 4.69) is 19.9 Å². The second kappa shape index (κ2) is 5.01. The molecule has 0 unspecified atom stereocenters. The summed E-state index contributed by atoms with van der Waals surface area (Å²) >= 11 is 1.14. The van der Waals surface area contributed by atoms with Crippen molar-refractivity contribution in [1.82, 2.24) is 19.9 Å². The molecule has 0 bridgehead atoms. The summed E-state index contributed by atoms with van der Waals surface area (Å²) in [6.45, 7) is 0. The van der Waals surface area contributed by atoms with Gasteiger partial charge in [-0.3, -0.25) is 4.79 Å². The van der Waals surface area contributed by atoms with E-state index in [-0.39, 0.29) is 28.9 Å². The van der Waals surface area contributed by atoms with Gasteiger partial charge in [-0.25, -0.2) is 9.97 Å². The van der Waals surface area contributed by atoms with E-state index in [9.17, 15) is 18.0 Å². The highest BCUT2D eigenvalue weighted by atomic mass is 32.2. The molecule has 0 saturated carbocycles. The molecule has 2 rings (SSSR count). The van der Waals surface area contributed by atoms with Gasteiger partial charge < -0.3 is 9.97 Å². The zero-order valence-corrected chi connectivity index (χ0v) is 9.86. The lowest BCUT2D eigenvalue weighted by Gasteiger charge is -2.04.